The smallest absolute Gasteiger partial charge is 0.409 e. The number of hydrogen-bond donors (Lipinski definition) is 3. The van der Waals surface area contributed by atoms with Crippen molar-refractivity contribution < 1.29 is 29.3 Å². The van der Waals surface area contributed by atoms with Crippen LogP contribution >= 0.6 is 0 Å². The third kappa shape index (κ3) is 3.89. The van der Waals surface area contributed by atoms with Gasteiger partial charge in [0, 0.05) is 5.69 Å². The van der Waals surface area contributed by atoms with Crippen LogP contribution < -0.4 is 14.8 Å². The first-order valence-electron chi connectivity index (χ1n) is 7.78. The van der Waals surface area contributed by atoms with Crippen molar-refractivity contribution in [2.75, 3.05) is 11.9 Å². The van der Waals surface area contributed by atoms with E-state index in [0.717, 1.165) is 0 Å². The van der Waals surface area contributed by atoms with E-state index < -0.39 is 12.1 Å². The van der Waals surface area contributed by atoms with Gasteiger partial charge in [-0.3, -0.25) is 5.32 Å². The number of nitrogens with one attached hydrogen (secondary N) is 1. The predicted octanol–water partition coefficient (Wildman–Crippen LogP) is 2.81. The Bertz CT molecular complexity index is 817. The molecular weight excluding hydrogens is 326 g/mol. The van der Waals surface area contributed by atoms with E-state index in [1.165, 1.54) is 6.07 Å². The number of aryl methyl sites for hydroxylation is 1. The lowest BCUT2D eigenvalue weighted by Gasteiger charge is -2.17. The fourth-order valence-corrected chi connectivity index (χ4v) is 2.65. The standard InChI is InChI=1S/C18H17NO6/c20-10-11-3-6-15-16(8-11)25-17(21)14-5-4-13(19-18(22)23)9-12(14)2-1-7-24-15/h3-6,8-9,19-20H,1-2,7,10H2,(H,22,23). The highest BCUT2D eigenvalue weighted by Gasteiger charge is 2.19. The number of aliphatic hydroxyl groups excluding tert-OH is 1. The molecule has 0 spiro atoms. The Morgan fingerprint density at radius 1 is 1.16 bits per heavy atom. The van der Waals surface area contributed by atoms with Gasteiger partial charge in [0.05, 0.1) is 18.8 Å². The number of anilines is 1. The first-order valence-corrected chi connectivity index (χ1v) is 7.78. The lowest BCUT2D eigenvalue weighted by atomic mass is 10.0. The van der Waals surface area contributed by atoms with Crippen molar-refractivity contribution >= 4 is 17.7 Å². The summed E-state index contributed by atoms with van der Waals surface area (Å²) >= 11 is 0. The molecule has 1 aliphatic rings. The van der Waals surface area contributed by atoms with Gasteiger partial charge < -0.3 is 19.7 Å². The molecule has 0 aliphatic carbocycles. The van der Waals surface area contributed by atoms with Crippen LogP contribution in [-0.4, -0.2) is 28.9 Å². The van der Waals surface area contributed by atoms with E-state index in [1.54, 1.807) is 30.3 Å². The molecule has 3 rings (SSSR count). The Balaban J connectivity index is 1.95. The van der Waals surface area contributed by atoms with E-state index in [0.29, 0.717) is 47.6 Å². The summed E-state index contributed by atoms with van der Waals surface area (Å²) in [6, 6.07) is 9.61. The van der Waals surface area contributed by atoms with E-state index in [9.17, 15) is 14.7 Å². The number of carbonyl (C=O) groups is 2. The molecule has 7 heteroatoms. The largest absolute Gasteiger partial charge is 0.490 e. The SMILES string of the molecule is O=C(O)Nc1ccc2c(c1)CCCOc1ccc(CO)cc1OC2=O. The van der Waals surface area contributed by atoms with Gasteiger partial charge in [0.25, 0.3) is 0 Å². The van der Waals surface area contributed by atoms with E-state index in [4.69, 9.17) is 14.6 Å². The van der Waals surface area contributed by atoms with Crippen LogP contribution in [0, 0.1) is 0 Å². The quantitative estimate of drug-likeness (QED) is 0.572. The fraction of sp³-hybridized carbons (Fsp3) is 0.222. The Morgan fingerprint density at radius 2 is 2.00 bits per heavy atom. The van der Waals surface area contributed by atoms with Gasteiger partial charge in [-0.1, -0.05) is 6.07 Å². The Labute approximate surface area is 143 Å². The zero-order chi connectivity index (χ0) is 17.8. The van der Waals surface area contributed by atoms with E-state index in [1.807, 2.05) is 0 Å². The first-order chi connectivity index (χ1) is 12.1. The normalized spacial score (nSPS) is 13.7. The van der Waals surface area contributed by atoms with Gasteiger partial charge in [-0.25, -0.2) is 9.59 Å². The predicted molar refractivity (Wildman–Crippen MR) is 89.2 cm³/mol. The van der Waals surface area contributed by atoms with Crippen LogP contribution in [0.4, 0.5) is 10.5 Å². The molecular formula is C18H17NO6. The highest BCUT2D eigenvalue weighted by Crippen LogP contribution is 2.31. The number of ether oxygens (including phenoxy) is 2. The number of fused-ring (bicyclic) bond motifs is 2. The molecule has 1 aliphatic heterocycles. The molecule has 0 radical (unpaired) electrons. The highest BCUT2D eigenvalue weighted by atomic mass is 16.6. The average molecular weight is 343 g/mol. The summed E-state index contributed by atoms with van der Waals surface area (Å²) in [5, 5.41) is 20.3. The molecule has 25 heavy (non-hydrogen) atoms. The molecule has 1 amide bonds. The number of hydrogen-bond acceptors (Lipinski definition) is 5. The van der Waals surface area contributed by atoms with Gasteiger partial charge in [0.2, 0.25) is 0 Å². The molecule has 0 atom stereocenters. The van der Waals surface area contributed by atoms with Crippen molar-refractivity contribution in [3.8, 4) is 11.5 Å². The lowest BCUT2D eigenvalue weighted by Crippen LogP contribution is -2.16. The number of carbonyl (C=O) groups excluding carboxylic acids is 1. The van der Waals surface area contributed by atoms with Crippen molar-refractivity contribution in [1.82, 2.24) is 0 Å². The second-order valence-corrected chi connectivity index (χ2v) is 5.58. The molecule has 0 fully saturated rings. The molecule has 7 nitrogen and oxygen atoms in total. The Hall–Kier alpha value is -3.06. The molecule has 0 bridgehead atoms. The lowest BCUT2D eigenvalue weighted by molar-refractivity contribution is 0.0724. The number of aliphatic hydroxyl groups is 1. The van der Waals surface area contributed by atoms with Crippen LogP contribution in [0.3, 0.4) is 0 Å². The maximum absolute atomic E-state index is 12.5. The van der Waals surface area contributed by atoms with Gasteiger partial charge >= 0.3 is 12.1 Å². The maximum atomic E-state index is 12.5. The molecule has 1 heterocycles. The minimum Gasteiger partial charge on any atom is -0.490 e. The number of esters is 1. The summed E-state index contributed by atoms with van der Waals surface area (Å²) < 4.78 is 11.1. The molecule has 0 unspecified atom stereocenters. The highest BCUT2D eigenvalue weighted by molar-refractivity contribution is 5.94. The van der Waals surface area contributed by atoms with Gasteiger partial charge in [-0.05, 0) is 54.3 Å². The zero-order valence-electron chi connectivity index (χ0n) is 13.3. The summed E-state index contributed by atoms with van der Waals surface area (Å²) in [6.07, 6.45) is 0.0259. The Morgan fingerprint density at radius 3 is 2.76 bits per heavy atom. The van der Waals surface area contributed by atoms with Crippen LogP contribution in [0.2, 0.25) is 0 Å². The van der Waals surface area contributed by atoms with E-state index in [-0.39, 0.29) is 12.4 Å². The van der Waals surface area contributed by atoms with Gasteiger partial charge in [0.1, 0.15) is 0 Å². The third-order valence-corrected chi connectivity index (χ3v) is 3.82. The van der Waals surface area contributed by atoms with Crippen molar-refractivity contribution in [2.45, 2.75) is 19.4 Å². The molecule has 2 aromatic rings. The van der Waals surface area contributed by atoms with Crippen LogP contribution in [-0.2, 0) is 13.0 Å². The minimum absolute atomic E-state index is 0.175. The van der Waals surface area contributed by atoms with Crippen molar-refractivity contribution in [3.63, 3.8) is 0 Å². The van der Waals surface area contributed by atoms with Gasteiger partial charge in [-0.2, -0.15) is 0 Å². The van der Waals surface area contributed by atoms with Crippen molar-refractivity contribution in [1.29, 1.82) is 0 Å². The molecule has 0 aromatic heterocycles. The van der Waals surface area contributed by atoms with E-state index >= 15 is 0 Å². The Kier molecular flexibility index (Phi) is 4.85. The first kappa shape index (κ1) is 16.8. The molecule has 130 valence electrons. The maximum Gasteiger partial charge on any atom is 0.409 e. The summed E-state index contributed by atoms with van der Waals surface area (Å²) in [5.41, 5.74) is 2.05. The van der Waals surface area contributed by atoms with Crippen LogP contribution in [0.5, 0.6) is 11.5 Å². The van der Waals surface area contributed by atoms with E-state index in [2.05, 4.69) is 5.32 Å². The van der Waals surface area contributed by atoms with Crippen molar-refractivity contribution in [2.24, 2.45) is 0 Å². The number of carboxylic acid groups (broad SMARTS) is 1. The summed E-state index contributed by atoms with van der Waals surface area (Å²) in [6.45, 7) is 0.241. The molecule has 0 saturated carbocycles. The van der Waals surface area contributed by atoms with Gasteiger partial charge in [-0.15, -0.1) is 0 Å². The average Bonchev–Trinajstić information content (AvgIpc) is 2.59. The monoisotopic (exact) mass is 343 g/mol. The second kappa shape index (κ2) is 7.23. The second-order valence-electron chi connectivity index (χ2n) is 5.58. The van der Waals surface area contributed by atoms with Crippen LogP contribution in [0.15, 0.2) is 36.4 Å². The zero-order valence-corrected chi connectivity index (χ0v) is 13.3. The summed E-state index contributed by atoms with van der Waals surface area (Å²) in [7, 11) is 0. The summed E-state index contributed by atoms with van der Waals surface area (Å²) in [4.78, 5) is 23.3. The fourth-order valence-electron chi connectivity index (χ4n) is 2.65. The van der Waals surface area contributed by atoms with Crippen molar-refractivity contribution in [3.05, 3.63) is 53.1 Å². The minimum atomic E-state index is -1.17. The number of amides is 1. The molecule has 0 saturated heterocycles. The molecule has 3 N–H and O–H groups in total. The van der Waals surface area contributed by atoms with Crippen LogP contribution in [0.1, 0.15) is 27.9 Å². The van der Waals surface area contributed by atoms with Crippen LogP contribution in [0.25, 0.3) is 0 Å². The van der Waals surface area contributed by atoms with Gasteiger partial charge in [0.15, 0.2) is 11.5 Å². The number of rotatable bonds is 2. The third-order valence-electron chi connectivity index (χ3n) is 3.82. The number of benzene rings is 2. The topological polar surface area (TPSA) is 105 Å². The molecule has 2 aromatic carbocycles. The summed E-state index contributed by atoms with van der Waals surface area (Å²) in [5.74, 6) is 0.133.